The smallest absolute Gasteiger partial charge is 0.357 e. The Bertz CT molecular complexity index is 767. The number of hydrogen-bond donors (Lipinski definition) is 0. The number of rotatable bonds is 1. The average molecular weight is 269 g/mol. The van der Waals surface area contributed by atoms with Gasteiger partial charge in [-0.15, -0.1) is 0 Å². The highest BCUT2D eigenvalue weighted by atomic mass is 16.6. The molecular formula is C15H15N3O2. The maximum absolute atomic E-state index is 12.1. The molecule has 0 radical (unpaired) electrons. The number of aromatic nitrogens is 2. The second-order valence-corrected chi connectivity index (χ2v) is 5.75. The van der Waals surface area contributed by atoms with Crippen molar-refractivity contribution in [2.24, 2.45) is 4.99 Å². The van der Waals surface area contributed by atoms with Gasteiger partial charge in [-0.2, -0.15) is 0 Å². The van der Waals surface area contributed by atoms with E-state index in [-0.39, 0.29) is 0 Å². The number of ether oxygens (including phenoxy) is 1. The van der Waals surface area contributed by atoms with E-state index in [0.29, 0.717) is 5.71 Å². The Morgan fingerprint density at radius 3 is 2.90 bits per heavy atom. The normalized spacial score (nSPS) is 16.6. The summed E-state index contributed by atoms with van der Waals surface area (Å²) in [5.41, 5.74) is 1.57. The number of carbonyl (C=O) groups is 1. The third-order valence-corrected chi connectivity index (χ3v) is 2.96. The van der Waals surface area contributed by atoms with Gasteiger partial charge in [0.05, 0.1) is 11.0 Å². The van der Waals surface area contributed by atoms with Gasteiger partial charge < -0.3 is 4.74 Å². The molecule has 5 heteroatoms. The molecule has 0 unspecified atom stereocenters. The van der Waals surface area contributed by atoms with Crippen LogP contribution in [0.3, 0.4) is 0 Å². The van der Waals surface area contributed by atoms with Gasteiger partial charge in [-0.05, 0) is 38.8 Å². The van der Waals surface area contributed by atoms with Gasteiger partial charge in [0.15, 0.2) is 0 Å². The van der Waals surface area contributed by atoms with Gasteiger partial charge in [-0.3, -0.25) is 0 Å². The summed E-state index contributed by atoms with van der Waals surface area (Å²) in [6, 6.07) is 0. The fourth-order valence-corrected chi connectivity index (χ4v) is 2.16. The van der Waals surface area contributed by atoms with Crippen LogP contribution in [0.5, 0.6) is 0 Å². The first-order valence-electron chi connectivity index (χ1n) is 6.47. The second-order valence-electron chi connectivity index (χ2n) is 5.75. The van der Waals surface area contributed by atoms with Crippen LogP contribution in [0.1, 0.15) is 27.2 Å². The highest BCUT2D eigenvalue weighted by Gasteiger charge is 2.26. The van der Waals surface area contributed by atoms with Crippen LogP contribution in [-0.4, -0.2) is 27.2 Å². The van der Waals surface area contributed by atoms with Gasteiger partial charge in [0.1, 0.15) is 17.6 Å². The number of aliphatic imine (C=N–C) groups is 1. The van der Waals surface area contributed by atoms with E-state index in [2.05, 4.69) is 15.0 Å². The van der Waals surface area contributed by atoms with Crippen LogP contribution >= 0.6 is 0 Å². The van der Waals surface area contributed by atoms with Gasteiger partial charge in [0.25, 0.3) is 0 Å². The highest BCUT2D eigenvalue weighted by Crippen LogP contribution is 2.24. The van der Waals surface area contributed by atoms with Gasteiger partial charge >= 0.3 is 5.97 Å². The van der Waals surface area contributed by atoms with Gasteiger partial charge in [-0.1, -0.05) is 6.08 Å². The van der Waals surface area contributed by atoms with Crippen LogP contribution in [0.15, 0.2) is 29.2 Å². The lowest BCUT2D eigenvalue weighted by Gasteiger charge is -2.18. The Hall–Kier alpha value is -2.30. The quantitative estimate of drug-likeness (QED) is 0.696. The van der Waals surface area contributed by atoms with Gasteiger partial charge in [0, 0.05) is 11.4 Å². The first-order chi connectivity index (χ1) is 9.44. The minimum atomic E-state index is -0.525. The highest BCUT2D eigenvalue weighted by molar-refractivity contribution is 6.43. The molecule has 1 aromatic heterocycles. The SMILES string of the molecule is CC(C)(C)OC(=O)C1=NC2=c3ncncc3=CCC2=C1. The Labute approximate surface area is 116 Å². The third-order valence-electron chi connectivity index (χ3n) is 2.96. The molecule has 0 bridgehead atoms. The predicted octanol–water partition coefficient (Wildman–Crippen LogP) is 0.492. The molecule has 0 spiro atoms. The molecule has 5 nitrogen and oxygen atoms in total. The maximum Gasteiger partial charge on any atom is 0.357 e. The van der Waals surface area contributed by atoms with Crippen LogP contribution < -0.4 is 10.6 Å². The van der Waals surface area contributed by atoms with Crippen LogP contribution in [0, 0.1) is 0 Å². The van der Waals surface area contributed by atoms with Crippen molar-refractivity contribution in [3.05, 3.63) is 34.7 Å². The number of hydrogen-bond acceptors (Lipinski definition) is 5. The molecule has 2 aliphatic rings. The number of esters is 1. The predicted molar refractivity (Wildman–Crippen MR) is 75.1 cm³/mol. The largest absolute Gasteiger partial charge is 0.455 e. The summed E-state index contributed by atoms with van der Waals surface area (Å²) in [5, 5.41) is 1.73. The minimum Gasteiger partial charge on any atom is -0.455 e. The van der Waals surface area contributed by atoms with Crippen molar-refractivity contribution in [1.29, 1.82) is 0 Å². The topological polar surface area (TPSA) is 64.4 Å². The van der Waals surface area contributed by atoms with Crippen LogP contribution in [0.2, 0.25) is 0 Å². The third kappa shape index (κ3) is 2.27. The van der Waals surface area contributed by atoms with E-state index in [1.165, 1.54) is 6.33 Å². The summed E-state index contributed by atoms with van der Waals surface area (Å²) in [5.74, 6) is -0.400. The van der Waals surface area contributed by atoms with Crippen molar-refractivity contribution < 1.29 is 9.53 Å². The maximum atomic E-state index is 12.1. The first kappa shape index (κ1) is 12.7. The monoisotopic (exact) mass is 269 g/mol. The van der Waals surface area contributed by atoms with E-state index >= 15 is 0 Å². The fourth-order valence-electron chi connectivity index (χ4n) is 2.16. The molecule has 3 rings (SSSR count). The molecule has 0 fully saturated rings. The Morgan fingerprint density at radius 1 is 1.35 bits per heavy atom. The first-order valence-corrected chi connectivity index (χ1v) is 6.47. The molecule has 1 aromatic rings. The summed E-state index contributed by atoms with van der Waals surface area (Å²) in [7, 11) is 0. The number of carbonyl (C=O) groups excluding carboxylic acids is 1. The van der Waals surface area contributed by atoms with Crippen molar-refractivity contribution in [2.75, 3.05) is 0 Å². The fraction of sp³-hybridized carbons (Fsp3) is 0.333. The molecule has 102 valence electrons. The minimum absolute atomic E-state index is 0.338. The molecule has 0 saturated heterocycles. The molecule has 0 saturated carbocycles. The Balaban J connectivity index is 2.04. The summed E-state index contributed by atoms with van der Waals surface area (Å²) in [6.45, 7) is 5.51. The Kier molecular flexibility index (Phi) is 2.78. The number of nitrogens with zero attached hydrogens (tertiary/aromatic N) is 3. The van der Waals surface area contributed by atoms with Crippen molar-refractivity contribution in [3.63, 3.8) is 0 Å². The van der Waals surface area contributed by atoms with E-state index in [4.69, 9.17) is 4.74 Å². The molecule has 0 amide bonds. The average Bonchev–Trinajstić information content (AvgIpc) is 2.81. The lowest BCUT2D eigenvalue weighted by molar-refractivity contribution is -0.145. The Morgan fingerprint density at radius 2 is 2.15 bits per heavy atom. The lowest BCUT2D eigenvalue weighted by Crippen LogP contribution is -2.33. The van der Waals surface area contributed by atoms with Crippen molar-refractivity contribution in [1.82, 2.24) is 9.97 Å². The van der Waals surface area contributed by atoms with Crippen molar-refractivity contribution in [2.45, 2.75) is 32.8 Å². The van der Waals surface area contributed by atoms with E-state index in [9.17, 15) is 4.79 Å². The summed E-state index contributed by atoms with van der Waals surface area (Å²) in [4.78, 5) is 24.7. The zero-order chi connectivity index (χ0) is 14.3. The van der Waals surface area contributed by atoms with Crippen molar-refractivity contribution >= 4 is 23.5 Å². The molecule has 0 N–H and O–H groups in total. The molecule has 0 atom stereocenters. The molecule has 2 heterocycles. The lowest BCUT2D eigenvalue weighted by atomic mass is 10.0. The second kappa shape index (κ2) is 4.37. The summed E-state index contributed by atoms with van der Waals surface area (Å²) >= 11 is 0. The summed E-state index contributed by atoms with van der Waals surface area (Å²) < 4.78 is 5.35. The zero-order valence-corrected chi connectivity index (χ0v) is 11.7. The molecule has 0 aromatic carbocycles. The molecule has 1 aliphatic heterocycles. The van der Waals surface area contributed by atoms with E-state index in [0.717, 1.165) is 28.3 Å². The van der Waals surface area contributed by atoms with E-state index in [1.54, 1.807) is 12.3 Å². The molecule has 20 heavy (non-hydrogen) atoms. The van der Waals surface area contributed by atoms with Gasteiger partial charge in [-0.25, -0.2) is 19.8 Å². The van der Waals surface area contributed by atoms with E-state index < -0.39 is 11.6 Å². The standard InChI is InChI=1S/C15H15N3O2/c1-15(2,3)20-14(19)11-6-9-4-5-10-7-16-8-17-12(10)13(9)18-11/h5-8H,4H2,1-3H3. The van der Waals surface area contributed by atoms with Crippen LogP contribution in [0.25, 0.3) is 11.8 Å². The van der Waals surface area contributed by atoms with E-state index in [1.807, 2.05) is 26.8 Å². The molecular weight excluding hydrogens is 254 g/mol. The van der Waals surface area contributed by atoms with Crippen LogP contribution in [-0.2, 0) is 9.53 Å². The van der Waals surface area contributed by atoms with Crippen molar-refractivity contribution in [3.8, 4) is 0 Å². The number of fused-ring (bicyclic) bond motifs is 2. The molecule has 1 aliphatic carbocycles. The van der Waals surface area contributed by atoms with Gasteiger partial charge in [0.2, 0.25) is 0 Å². The van der Waals surface area contributed by atoms with Crippen LogP contribution in [0.4, 0.5) is 0 Å². The zero-order valence-electron chi connectivity index (χ0n) is 11.7. The summed E-state index contributed by atoms with van der Waals surface area (Å²) in [6.07, 6.45) is 7.80.